The van der Waals surface area contributed by atoms with E-state index < -0.39 is 6.10 Å². The molecule has 1 aliphatic rings. The predicted octanol–water partition coefficient (Wildman–Crippen LogP) is 3.19. The van der Waals surface area contributed by atoms with Gasteiger partial charge in [-0.25, -0.2) is 4.98 Å². The van der Waals surface area contributed by atoms with Crippen molar-refractivity contribution in [2.24, 2.45) is 0 Å². The lowest BCUT2D eigenvalue weighted by Gasteiger charge is -2.16. The van der Waals surface area contributed by atoms with Crippen LogP contribution in [-0.4, -0.2) is 16.1 Å². The van der Waals surface area contributed by atoms with Crippen molar-refractivity contribution in [1.82, 2.24) is 10.3 Å². The van der Waals surface area contributed by atoms with Crippen LogP contribution >= 0.6 is 11.3 Å². The number of hydrogen-bond acceptors (Lipinski definition) is 4. The van der Waals surface area contributed by atoms with Crippen molar-refractivity contribution in [2.45, 2.75) is 51.3 Å². The summed E-state index contributed by atoms with van der Waals surface area (Å²) in [5, 5.41) is 14.9. The summed E-state index contributed by atoms with van der Waals surface area (Å²) in [5.41, 5.74) is 2.46. The molecular formula is C17H22N2OS. The minimum atomic E-state index is -0.414. The number of nitrogens with zero attached hydrogens (tertiary/aromatic N) is 1. The van der Waals surface area contributed by atoms with Gasteiger partial charge >= 0.3 is 0 Å². The van der Waals surface area contributed by atoms with Gasteiger partial charge < -0.3 is 10.4 Å². The van der Waals surface area contributed by atoms with Gasteiger partial charge in [0.1, 0.15) is 5.01 Å². The summed E-state index contributed by atoms with van der Waals surface area (Å²) in [6.45, 7) is 7.33. The normalized spacial score (nSPS) is 21.5. The number of nitrogens with one attached hydrogen (secondary N) is 1. The molecular weight excluding hydrogens is 280 g/mol. The molecule has 0 spiro atoms. The van der Waals surface area contributed by atoms with Crippen LogP contribution in [-0.2, 0) is 18.4 Å². The molecule has 2 atom stereocenters. The van der Waals surface area contributed by atoms with Crippen molar-refractivity contribution in [2.75, 3.05) is 0 Å². The summed E-state index contributed by atoms with van der Waals surface area (Å²) in [6.07, 6.45) is 2.44. The van der Waals surface area contributed by atoms with Crippen LogP contribution in [0.3, 0.4) is 0 Å². The Morgan fingerprint density at radius 2 is 2.10 bits per heavy atom. The molecule has 1 aromatic heterocycles. The smallest absolute Gasteiger partial charge is 0.107 e. The summed E-state index contributed by atoms with van der Waals surface area (Å²) in [7, 11) is 0. The zero-order chi connectivity index (χ0) is 15.0. The number of hydrogen-bond donors (Lipinski definition) is 2. The number of rotatable bonds is 3. The van der Waals surface area contributed by atoms with Gasteiger partial charge in [-0.2, -0.15) is 0 Å². The first-order valence-electron chi connectivity index (χ1n) is 7.39. The van der Waals surface area contributed by atoms with Gasteiger partial charge in [0, 0.05) is 23.7 Å². The number of fused-ring (bicyclic) bond motifs is 1. The second-order valence-corrected chi connectivity index (χ2v) is 7.82. The maximum Gasteiger partial charge on any atom is 0.107 e. The SMILES string of the molecule is CC(C)(C)c1cnc(CNC2Cc3ccccc3C2O)s1. The van der Waals surface area contributed by atoms with Crippen molar-refractivity contribution in [3.63, 3.8) is 0 Å². The maximum atomic E-state index is 10.4. The molecule has 1 heterocycles. The lowest BCUT2D eigenvalue weighted by Crippen LogP contribution is -2.32. The highest BCUT2D eigenvalue weighted by molar-refractivity contribution is 7.11. The van der Waals surface area contributed by atoms with Crippen LogP contribution in [0.5, 0.6) is 0 Å². The highest BCUT2D eigenvalue weighted by Crippen LogP contribution is 2.32. The van der Waals surface area contributed by atoms with E-state index in [9.17, 15) is 5.11 Å². The Balaban J connectivity index is 1.63. The molecule has 0 aliphatic heterocycles. The number of benzene rings is 1. The third kappa shape index (κ3) is 3.03. The highest BCUT2D eigenvalue weighted by Gasteiger charge is 2.30. The molecule has 3 nitrogen and oxygen atoms in total. The minimum Gasteiger partial charge on any atom is -0.387 e. The molecule has 21 heavy (non-hydrogen) atoms. The highest BCUT2D eigenvalue weighted by atomic mass is 32.1. The summed E-state index contributed by atoms with van der Waals surface area (Å²) in [6, 6.07) is 8.22. The Labute approximate surface area is 130 Å². The number of thiazole rings is 1. The van der Waals surface area contributed by atoms with Gasteiger partial charge in [0.2, 0.25) is 0 Å². The van der Waals surface area contributed by atoms with Gasteiger partial charge in [0.05, 0.1) is 6.10 Å². The fourth-order valence-corrected chi connectivity index (χ4v) is 3.64. The summed E-state index contributed by atoms with van der Waals surface area (Å²) >= 11 is 1.75. The van der Waals surface area contributed by atoms with Crippen LogP contribution in [0.15, 0.2) is 30.5 Å². The van der Waals surface area contributed by atoms with Crippen LogP contribution in [0.25, 0.3) is 0 Å². The Morgan fingerprint density at radius 1 is 1.33 bits per heavy atom. The van der Waals surface area contributed by atoms with E-state index in [-0.39, 0.29) is 11.5 Å². The number of aliphatic hydroxyl groups is 1. The zero-order valence-corrected chi connectivity index (χ0v) is 13.6. The van der Waals surface area contributed by atoms with Gasteiger partial charge in [-0.05, 0) is 23.0 Å². The summed E-state index contributed by atoms with van der Waals surface area (Å²) in [4.78, 5) is 5.79. The van der Waals surface area contributed by atoms with Crippen molar-refractivity contribution in [3.05, 3.63) is 51.5 Å². The van der Waals surface area contributed by atoms with E-state index in [0.29, 0.717) is 0 Å². The van der Waals surface area contributed by atoms with Crippen molar-refractivity contribution in [3.8, 4) is 0 Å². The van der Waals surface area contributed by atoms with Crippen molar-refractivity contribution >= 4 is 11.3 Å². The van der Waals surface area contributed by atoms with Crippen LogP contribution in [0, 0.1) is 0 Å². The van der Waals surface area contributed by atoms with E-state index in [1.54, 1.807) is 11.3 Å². The average molecular weight is 302 g/mol. The van der Waals surface area contributed by atoms with E-state index >= 15 is 0 Å². The summed E-state index contributed by atoms with van der Waals surface area (Å²) in [5.74, 6) is 0. The molecule has 0 bridgehead atoms. The van der Waals surface area contributed by atoms with Gasteiger partial charge in [0.15, 0.2) is 0 Å². The summed E-state index contributed by atoms with van der Waals surface area (Å²) < 4.78 is 0. The first-order chi connectivity index (χ1) is 9.95. The lowest BCUT2D eigenvalue weighted by molar-refractivity contribution is 0.141. The largest absolute Gasteiger partial charge is 0.387 e. The monoisotopic (exact) mass is 302 g/mol. The van der Waals surface area contributed by atoms with Gasteiger partial charge in [-0.15, -0.1) is 11.3 Å². The molecule has 0 radical (unpaired) electrons. The van der Waals surface area contributed by atoms with E-state index in [1.807, 2.05) is 24.4 Å². The van der Waals surface area contributed by atoms with Gasteiger partial charge in [-0.3, -0.25) is 0 Å². The molecule has 2 aromatic rings. The zero-order valence-electron chi connectivity index (χ0n) is 12.8. The average Bonchev–Trinajstić information content (AvgIpc) is 3.02. The third-order valence-corrected chi connectivity index (χ3v) is 5.43. The van der Waals surface area contributed by atoms with E-state index in [2.05, 4.69) is 37.1 Å². The van der Waals surface area contributed by atoms with Gasteiger partial charge in [-0.1, -0.05) is 45.0 Å². The van der Waals surface area contributed by atoms with Crippen LogP contribution in [0.1, 0.15) is 47.9 Å². The predicted molar refractivity (Wildman–Crippen MR) is 86.5 cm³/mol. The van der Waals surface area contributed by atoms with E-state index in [0.717, 1.165) is 23.5 Å². The molecule has 0 amide bonds. The fourth-order valence-electron chi connectivity index (χ4n) is 2.71. The Hall–Kier alpha value is -1.23. The third-order valence-electron chi connectivity index (χ3n) is 4.00. The Kier molecular flexibility index (Phi) is 3.86. The van der Waals surface area contributed by atoms with Crippen LogP contribution < -0.4 is 5.32 Å². The van der Waals surface area contributed by atoms with E-state index in [1.165, 1.54) is 10.4 Å². The molecule has 2 unspecified atom stereocenters. The Bertz CT molecular complexity index is 630. The molecule has 1 aliphatic carbocycles. The molecule has 2 N–H and O–H groups in total. The second kappa shape index (κ2) is 5.52. The standard InChI is InChI=1S/C17H22N2OS/c1-17(2,3)14-9-19-15(21-14)10-18-13-8-11-6-4-5-7-12(11)16(13)20/h4-7,9,13,16,18,20H,8,10H2,1-3H3. The first kappa shape index (κ1) is 14.7. The van der Waals surface area contributed by atoms with Crippen LogP contribution in [0.4, 0.5) is 0 Å². The Morgan fingerprint density at radius 3 is 2.76 bits per heavy atom. The van der Waals surface area contributed by atoms with Crippen molar-refractivity contribution < 1.29 is 5.11 Å². The molecule has 0 fully saturated rings. The maximum absolute atomic E-state index is 10.4. The lowest BCUT2D eigenvalue weighted by atomic mass is 9.96. The number of aromatic nitrogens is 1. The number of aliphatic hydroxyl groups excluding tert-OH is 1. The minimum absolute atomic E-state index is 0.0874. The fraction of sp³-hybridized carbons (Fsp3) is 0.471. The van der Waals surface area contributed by atoms with E-state index in [4.69, 9.17) is 0 Å². The molecule has 3 rings (SSSR count). The van der Waals surface area contributed by atoms with Gasteiger partial charge in [0.25, 0.3) is 0 Å². The molecule has 0 saturated carbocycles. The molecule has 1 aromatic carbocycles. The molecule has 112 valence electrons. The van der Waals surface area contributed by atoms with Crippen LogP contribution in [0.2, 0.25) is 0 Å². The second-order valence-electron chi connectivity index (χ2n) is 6.70. The molecule has 4 heteroatoms. The topological polar surface area (TPSA) is 45.2 Å². The quantitative estimate of drug-likeness (QED) is 0.915. The van der Waals surface area contributed by atoms with Crippen molar-refractivity contribution in [1.29, 1.82) is 0 Å². The molecule has 0 saturated heterocycles. The first-order valence-corrected chi connectivity index (χ1v) is 8.21.